The van der Waals surface area contributed by atoms with Gasteiger partial charge in [0.25, 0.3) is 0 Å². The first kappa shape index (κ1) is 20.5. The molecule has 30 heavy (non-hydrogen) atoms. The second-order valence-electron chi connectivity index (χ2n) is 6.53. The van der Waals surface area contributed by atoms with Crippen LogP contribution in [0.25, 0.3) is 10.9 Å². The van der Waals surface area contributed by atoms with Crippen molar-refractivity contribution in [1.82, 2.24) is 4.98 Å². The fourth-order valence-electron chi connectivity index (χ4n) is 3.20. The molecule has 4 aromatic rings. The van der Waals surface area contributed by atoms with Crippen LogP contribution in [0.4, 0.5) is 0 Å². The molecule has 0 amide bonds. The molecule has 4 rings (SSSR count). The van der Waals surface area contributed by atoms with Gasteiger partial charge >= 0.3 is 5.97 Å². The highest BCUT2D eigenvalue weighted by Gasteiger charge is 2.30. The lowest BCUT2D eigenvalue weighted by molar-refractivity contribution is 0.0281. The van der Waals surface area contributed by atoms with Gasteiger partial charge in [-0.3, -0.25) is 4.79 Å². The molecule has 0 saturated carbocycles. The number of aromatic nitrogens is 1. The SMILES string of the molecule is O=C(OC(C(=O)c1c[nH]c2ccccc12)c1ccccc1)c1c(Cl)ccc(Cl)c1Cl. The van der Waals surface area contributed by atoms with Crippen molar-refractivity contribution in [3.8, 4) is 0 Å². The van der Waals surface area contributed by atoms with Crippen molar-refractivity contribution in [2.24, 2.45) is 0 Å². The van der Waals surface area contributed by atoms with Gasteiger partial charge in [-0.1, -0.05) is 83.3 Å². The van der Waals surface area contributed by atoms with Crippen LogP contribution >= 0.6 is 34.8 Å². The van der Waals surface area contributed by atoms with E-state index in [0.717, 1.165) is 10.9 Å². The maximum Gasteiger partial charge on any atom is 0.342 e. The number of ether oxygens (including phenoxy) is 1. The van der Waals surface area contributed by atoms with E-state index in [1.807, 2.05) is 30.3 Å². The molecule has 0 aliphatic rings. The minimum absolute atomic E-state index is 0.0273. The second kappa shape index (κ2) is 8.52. The molecule has 1 aromatic heterocycles. The largest absolute Gasteiger partial charge is 0.445 e. The Balaban J connectivity index is 1.76. The highest BCUT2D eigenvalue weighted by molar-refractivity contribution is 6.46. The van der Waals surface area contributed by atoms with Gasteiger partial charge in [0.1, 0.15) is 0 Å². The molecule has 1 N–H and O–H groups in total. The smallest absolute Gasteiger partial charge is 0.342 e. The molecule has 0 fully saturated rings. The van der Waals surface area contributed by atoms with Gasteiger partial charge in [0.05, 0.1) is 20.6 Å². The number of rotatable bonds is 5. The maximum absolute atomic E-state index is 13.4. The molecule has 4 nitrogen and oxygen atoms in total. The van der Waals surface area contributed by atoms with Crippen LogP contribution in [-0.4, -0.2) is 16.7 Å². The number of hydrogen-bond donors (Lipinski definition) is 1. The molecule has 0 bridgehead atoms. The summed E-state index contributed by atoms with van der Waals surface area (Å²) in [5.41, 5.74) is 1.66. The Hall–Kier alpha value is -2.79. The first-order valence-electron chi connectivity index (χ1n) is 8.97. The average Bonchev–Trinajstić information content (AvgIpc) is 3.19. The number of Topliss-reactive ketones (excluding diaryl/α,β-unsaturated/α-hetero) is 1. The molecule has 1 heterocycles. The number of fused-ring (bicyclic) bond motifs is 1. The Morgan fingerprint density at radius 2 is 1.50 bits per heavy atom. The lowest BCUT2D eigenvalue weighted by atomic mass is 9.99. The molecule has 0 radical (unpaired) electrons. The monoisotopic (exact) mass is 457 g/mol. The van der Waals surface area contributed by atoms with E-state index in [1.54, 1.807) is 30.5 Å². The van der Waals surface area contributed by atoms with E-state index < -0.39 is 12.1 Å². The fourth-order valence-corrected chi connectivity index (χ4v) is 3.88. The van der Waals surface area contributed by atoms with E-state index >= 15 is 0 Å². The van der Waals surface area contributed by atoms with Crippen LogP contribution in [0.15, 0.2) is 72.9 Å². The van der Waals surface area contributed by atoms with E-state index in [-0.39, 0.29) is 26.4 Å². The molecule has 0 saturated heterocycles. The van der Waals surface area contributed by atoms with Crippen molar-refractivity contribution in [3.05, 3.63) is 105 Å². The maximum atomic E-state index is 13.4. The normalized spacial score (nSPS) is 12.0. The summed E-state index contributed by atoms with van der Waals surface area (Å²) in [6.45, 7) is 0. The van der Waals surface area contributed by atoms with E-state index in [2.05, 4.69) is 4.98 Å². The van der Waals surface area contributed by atoms with E-state index in [4.69, 9.17) is 39.5 Å². The van der Waals surface area contributed by atoms with E-state index in [1.165, 1.54) is 12.1 Å². The summed E-state index contributed by atoms with van der Waals surface area (Å²) in [6, 6.07) is 19.1. The molecule has 1 unspecified atom stereocenters. The topological polar surface area (TPSA) is 59.2 Å². The van der Waals surface area contributed by atoms with Crippen LogP contribution in [0.5, 0.6) is 0 Å². The summed E-state index contributed by atoms with van der Waals surface area (Å²) in [5.74, 6) is -1.21. The summed E-state index contributed by atoms with van der Waals surface area (Å²) in [6.07, 6.45) is 0.417. The number of halogens is 3. The third-order valence-electron chi connectivity index (χ3n) is 4.67. The first-order valence-corrected chi connectivity index (χ1v) is 10.1. The number of ketones is 1. The number of H-pyrrole nitrogens is 1. The second-order valence-corrected chi connectivity index (χ2v) is 7.72. The number of nitrogens with one attached hydrogen (secondary N) is 1. The molecule has 150 valence electrons. The number of hydrogen-bond acceptors (Lipinski definition) is 3. The van der Waals surface area contributed by atoms with Crippen LogP contribution in [0, 0.1) is 0 Å². The van der Waals surface area contributed by atoms with Crippen LogP contribution in [0.1, 0.15) is 32.4 Å². The summed E-state index contributed by atoms with van der Waals surface area (Å²) in [7, 11) is 0. The zero-order valence-electron chi connectivity index (χ0n) is 15.4. The van der Waals surface area contributed by atoms with Gasteiger partial charge < -0.3 is 9.72 Å². The highest BCUT2D eigenvalue weighted by atomic mass is 35.5. The average molecular weight is 459 g/mol. The molecule has 7 heteroatoms. The number of carbonyl (C=O) groups excluding carboxylic acids is 2. The summed E-state index contributed by atoms with van der Waals surface area (Å²) < 4.78 is 5.64. The minimum Gasteiger partial charge on any atom is -0.445 e. The van der Waals surface area contributed by atoms with Crippen molar-refractivity contribution in [2.45, 2.75) is 6.10 Å². The van der Waals surface area contributed by atoms with Gasteiger partial charge in [-0.15, -0.1) is 0 Å². The number of esters is 1. The van der Waals surface area contributed by atoms with Crippen LogP contribution in [0.2, 0.25) is 15.1 Å². The Morgan fingerprint density at radius 3 is 2.27 bits per heavy atom. The number of benzene rings is 3. The number of carbonyl (C=O) groups is 2. The molecule has 3 aromatic carbocycles. The lowest BCUT2D eigenvalue weighted by Crippen LogP contribution is -2.20. The highest BCUT2D eigenvalue weighted by Crippen LogP contribution is 2.34. The molecule has 1 atom stereocenters. The quantitative estimate of drug-likeness (QED) is 0.201. The summed E-state index contributed by atoms with van der Waals surface area (Å²) in [5, 5.41) is 0.951. The summed E-state index contributed by atoms with van der Waals surface area (Å²) in [4.78, 5) is 29.5. The van der Waals surface area contributed by atoms with Crippen molar-refractivity contribution in [3.63, 3.8) is 0 Å². The third kappa shape index (κ3) is 3.82. The predicted molar refractivity (Wildman–Crippen MR) is 119 cm³/mol. The van der Waals surface area contributed by atoms with Gasteiger partial charge in [-0.25, -0.2) is 4.79 Å². The van der Waals surface area contributed by atoms with Gasteiger partial charge in [0.15, 0.2) is 6.10 Å². The van der Waals surface area contributed by atoms with Gasteiger partial charge in [-0.2, -0.15) is 0 Å². The fraction of sp³-hybridized carbons (Fsp3) is 0.0435. The first-order chi connectivity index (χ1) is 14.5. The Bertz CT molecular complexity index is 1250. The van der Waals surface area contributed by atoms with Crippen LogP contribution in [-0.2, 0) is 4.74 Å². The van der Waals surface area contributed by atoms with E-state index in [0.29, 0.717) is 11.1 Å². The third-order valence-corrected chi connectivity index (χ3v) is 5.79. The van der Waals surface area contributed by atoms with Crippen LogP contribution in [0.3, 0.4) is 0 Å². The minimum atomic E-state index is -1.19. The van der Waals surface area contributed by atoms with Crippen LogP contribution < -0.4 is 0 Å². The molecule has 0 spiro atoms. The summed E-state index contributed by atoms with van der Waals surface area (Å²) >= 11 is 18.3. The Kier molecular flexibility index (Phi) is 5.82. The van der Waals surface area contributed by atoms with Crippen molar-refractivity contribution >= 4 is 57.5 Å². The number of para-hydroxylation sites is 1. The van der Waals surface area contributed by atoms with Gasteiger partial charge in [0, 0.05) is 28.2 Å². The van der Waals surface area contributed by atoms with Crippen molar-refractivity contribution < 1.29 is 14.3 Å². The van der Waals surface area contributed by atoms with Crippen molar-refractivity contribution in [2.75, 3.05) is 0 Å². The van der Waals surface area contributed by atoms with Crippen molar-refractivity contribution in [1.29, 1.82) is 0 Å². The number of aromatic amines is 1. The zero-order chi connectivity index (χ0) is 21.3. The standard InChI is InChI=1S/C23H14Cl3NO3/c24-16-10-11-17(25)20(26)19(16)23(29)30-22(13-6-2-1-3-7-13)21(28)15-12-27-18-9-5-4-8-14(15)18/h1-12,22,27H. The van der Waals surface area contributed by atoms with Gasteiger partial charge in [0.2, 0.25) is 5.78 Å². The predicted octanol–water partition coefficient (Wildman–Crippen LogP) is 6.91. The molecular formula is C23H14Cl3NO3. The van der Waals surface area contributed by atoms with E-state index in [9.17, 15) is 9.59 Å². The Morgan fingerprint density at radius 1 is 0.833 bits per heavy atom. The molecule has 0 aliphatic heterocycles. The molecular weight excluding hydrogens is 445 g/mol. The van der Waals surface area contributed by atoms with Gasteiger partial charge in [-0.05, 0) is 18.2 Å². The molecule has 0 aliphatic carbocycles. The Labute approximate surface area is 187 Å². The lowest BCUT2D eigenvalue weighted by Gasteiger charge is -2.18. The zero-order valence-corrected chi connectivity index (χ0v) is 17.6.